The first-order valence-corrected chi connectivity index (χ1v) is 6.82. The number of rotatable bonds is 5. The Morgan fingerprint density at radius 3 is 2.50 bits per heavy atom. The number of hydrogen-bond acceptors (Lipinski definition) is 4. The quantitative estimate of drug-likeness (QED) is 0.862. The molecule has 1 aromatic carbocycles. The summed E-state index contributed by atoms with van der Waals surface area (Å²) >= 11 is 0. The van der Waals surface area contributed by atoms with Crippen molar-refractivity contribution in [3.8, 4) is 5.69 Å². The average molecular weight is 302 g/mol. The maximum Gasteiger partial charge on any atom is 0.328 e. The highest BCUT2D eigenvalue weighted by Gasteiger charge is 2.29. The molecule has 0 aliphatic carbocycles. The van der Waals surface area contributed by atoms with Crippen molar-refractivity contribution in [1.29, 1.82) is 0 Å². The standard InChI is InChI=1S/C15H18N4O3/c1-10-12(9-13(20)16-15(2,3)14(21)22)17-18-19(10)11-7-5-4-6-8-11/h4-8H,9H2,1-3H3,(H,16,20)(H,21,22). The third-order valence-electron chi connectivity index (χ3n) is 3.31. The summed E-state index contributed by atoms with van der Waals surface area (Å²) in [4.78, 5) is 23.0. The number of carboxylic acid groups (broad SMARTS) is 1. The maximum atomic E-state index is 12.0. The molecule has 116 valence electrons. The fourth-order valence-corrected chi connectivity index (χ4v) is 1.94. The molecule has 2 aromatic rings. The van der Waals surface area contributed by atoms with Crippen LogP contribution >= 0.6 is 0 Å². The van der Waals surface area contributed by atoms with Crippen molar-refractivity contribution in [3.63, 3.8) is 0 Å². The van der Waals surface area contributed by atoms with Gasteiger partial charge in [-0.05, 0) is 32.9 Å². The molecule has 7 heteroatoms. The van der Waals surface area contributed by atoms with Gasteiger partial charge in [0.2, 0.25) is 5.91 Å². The molecular formula is C15H18N4O3. The summed E-state index contributed by atoms with van der Waals surface area (Å²) in [6.45, 7) is 4.68. The second-order valence-corrected chi connectivity index (χ2v) is 5.52. The van der Waals surface area contributed by atoms with Crippen molar-refractivity contribution >= 4 is 11.9 Å². The number of para-hydroxylation sites is 1. The number of carbonyl (C=O) groups is 2. The van der Waals surface area contributed by atoms with Gasteiger partial charge in [0.05, 0.1) is 23.5 Å². The molecule has 0 fully saturated rings. The van der Waals surface area contributed by atoms with E-state index >= 15 is 0 Å². The Morgan fingerprint density at radius 2 is 1.91 bits per heavy atom. The summed E-state index contributed by atoms with van der Waals surface area (Å²) in [5.41, 5.74) is 0.794. The lowest BCUT2D eigenvalue weighted by atomic mass is 10.1. The maximum absolute atomic E-state index is 12.0. The Hall–Kier alpha value is -2.70. The molecule has 0 aliphatic heterocycles. The van der Waals surface area contributed by atoms with Crippen LogP contribution in [-0.4, -0.2) is 37.5 Å². The Kier molecular flexibility index (Phi) is 4.25. The van der Waals surface area contributed by atoms with Crippen LogP contribution in [0.4, 0.5) is 0 Å². The molecule has 0 aliphatic rings. The lowest BCUT2D eigenvalue weighted by molar-refractivity contribution is -0.145. The summed E-state index contributed by atoms with van der Waals surface area (Å²) < 4.78 is 1.64. The van der Waals surface area contributed by atoms with Gasteiger partial charge in [-0.25, -0.2) is 9.48 Å². The molecule has 0 spiro atoms. The number of carbonyl (C=O) groups excluding carboxylic acids is 1. The zero-order valence-corrected chi connectivity index (χ0v) is 12.7. The number of benzene rings is 1. The van der Waals surface area contributed by atoms with Gasteiger partial charge in [0.15, 0.2) is 0 Å². The van der Waals surface area contributed by atoms with Crippen molar-refractivity contribution < 1.29 is 14.7 Å². The minimum absolute atomic E-state index is 0.0185. The molecule has 2 N–H and O–H groups in total. The minimum Gasteiger partial charge on any atom is -0.480 e. The zero-order valence-electron chi connectivity index (χ0n) is 12.7. The van der Waals surface area contributed by atoms with Gasteiger partial charge in [0.1, 0.15) is 5.54 Å². The average Bonchev–Trinajstić information content (AvgIpc) is 2.80. The molecule has 0 radical (unpaired) electrons. The van der Waals surface area contributed by atoms with Crippen LogP contribution in [0.25, 0.3) is 5.69 Å². The van der Waals surface area contributed by atoms with Gasteiger partial charge < -0.3 is 10.4 Å². The fourth-order valence-electron chi connectivity index (χ4n) is 1.94. The summed E-state index contributed by atoms with van der Waals surface area (Å²) in [6.07, 6.45) is -0.0185. The number of aliphatic carboxylic acids is 1. The van der Waals surface area contributed by atoms with Crippen molar-refractivity contribution in [2.24, 2.45) is 0 Å². The number of nitrogens with zero attached hydrogens (tertiary/aromatic N) is 3. The van der Waals surface area contributed by atoms with Gasteiger partial charge >= 0.3 is 5.97 Å². The van der Waals surface area contributed by atoms with E-state index in [-0.39, 0.29) is 6.42 Å². The number of nitrogens with one attached hydrogen (secondary N) is 1. The van der Waals surface area contributed by atoms with Gasteiger partial charge in [0, 0.05) is 0 Å². The highest BCUT2D eigenvalue weighted by Crippen LogP contribution is 2.12. The third kappa shape index (κ3) is 3.30. The monoisotopic (exact) mass is 302 g/mol. The largest absolute Gasteiger partial charge is 0.480 e. The smallest absolute Gasteiger partial charge is 0.328 e. The van der Waals surface area contributed by atoms with E-state index in [4.69, 9.17) is 5.11 Å². The highest BCUT2D eigenvalue weighted by atomic mass is 16.4. The lowest BCUT2D eigenvalue weighted by Crippen LogP contribution is -2.50. The predicted octanol–water partition coefficient (Wildman–Crippen LogP) is 1.10. The van der Waals surface area contributed by atoms with Gasteiger partial charge in [0.25, 0.3) is 0 Å². The van der Waals surface area contributed by atoms with Gasteiger partial charge in [-0.15, -0.1) is 5.10 Å². The van der Waals surface area contributed by atoms with E-state index in [2.05, 4.69) is 15.6 Å². The van der Waals surface area contributed by atoms with Crippen LogP contribution in [0.15, 0.2) is 30.3 Å². The van der Waals surface area contributed by atoms with Crippen LogP contribution in [0, 0.1) is 6.92 Å². The minimum atomic E-state index is -1.32. The molecule has 22 heavy (non-hydrogen) atoms. The molecule has 0 atom stereocenters. The first kappa shape index (κ1) is 15.7. The summed E-state index contributed by atoms with van der Waals surface area (Å²) in [7, 11) is 0. The van der Waals surface area contributed by atoms with E-state index in [1.165, 1.54) is 13.8 Å². The molecule has 1 aromatic heterocycles. The normalized spacial score (nSPS) is 11.2. The molecule has 1 amide bonds. The van der Waals surface area contributed by atoms with Crippen molar-refractivity contribution in [1.82, 2.24) is 20.3 Å². The van der Waals surface area contributed by atoms with Crippen LogP contribution < -0.4 is 5.32 Å². The Balaban J connectivity index is 2.14. The molecule has 0 saturated heterocycles. The van der Waals surface area contributed by atoms with Crippen LogP contribution in [0.1, 0.15) is 25.2 Å². The van der Waals surface area contributed by atoms with Gasteiger partial charge in [-0.2, -0.15) is 0 Å². The molecule has 0 bridgehead atoms. The van der Waals surface area contributed by atoms with Crippen molar-refractivity contribution in [3.05, 3.63) is 41.7 Å². The number of hydrogen-bond donors (Lipinski definition) is 2. The van der Waals surface area contributed by atoms with Crippen LogP contribution in [-0.2, 0) is 16.0 Å². The second kappa shape index (κ2) is 5.97. The molecule has 7 nitrogen and oxygen atoms in total. The lowest BCUT2D eigenvalue weighted by Gasteiger charge is -2.20. The molecule has 0 unspecified atom stereocenters. The van der Waals surface area contributed by atoms with E-state index in [0.717, 1.165) is 11.4 Å². The number of amides is 1. The van der Waals surface area contributed by atoms with Crippen LogP contribution in [0.2, 0.25) is 0 Å². The highest BCUT2D eigenvalue weighted by molar-refractivity contribution is 5.87. The Morgan fingerprint density at radius 1 is 1.27 bits per heavy atom. The second-order valence-electron chi connectivity index (χ2n) is 5.52. The molecular weight excluding hydrogens is 284 g/mol. The van der Waals surface area contributed by atoms with Crippen LogP contribution in [0.3, 0.4) is 0 Å². The summed E-state index contributed by atoms with van der Waals surface area (Å²) in [5, 5.41) is 19.5. The topological polar surface area (TPSA) is 97.1 Å². The number of aromatic nitrogens is 3. The van der Waals surface area contributed by atoms with E-state index in [9.17, 15) is 9.59 Å². The van der Waals surface area contributed by atoms with E-state index < -0.39 is 17.4 Å². The summed E-state index contributed by atoms with van der Waals surface area (Å²) in [6, 6.07) is 9.45. The first-order valence-electron chi connectivity index (χ1n) is 6.82. The van der Waals surface area contributed by atoms with Gasteiger partial charge in [-0.1, -0.05) is 23.4 Å². The molecule has 1 heterocycles. The number of carboxylic acids is 1. The zero-order chi connectivity index (χ0) is 16.3. The van der Waals surface area contributed by atoms with Gasteiger partial charge in [-0.3, -0.25) is 4.79 Å². The Labute approximate surface area is 128 Å². The molecule has 2 rings (SSSR count). The molecule has 0 saturated carbocycles. The third-order valence-corrected chi connectivity index (χ3v) is 3.31. The fraction of sp³-hybridized carbons (Fsp3) is 0.333. The SMILES string of the molecule is Cc1c(CC(=O)NC(C)(C)C(=O)O)nnn1-c1ccccc1. The van der Waals surface area contributed by atoms with Crippen molar-refractivity contribution in [2.45, 2.75) is 32.7 Å². The Bertz CT molecular complexity index is 692. The van der Waals surface area contributed by atoms with E-state index in [0.29, 0.717) is 5.69 Å². The van der Waals surface area contributed by atoms with Crippen molar-refractivity contribution in [2.75, 3.05) is 0 Å². The van der Waals surface area contributed by atoms with E-state index in [1.54, 1.807) is 4.68 Å². The van der Waals surface area contributed by atoms with E-state index in [1.807, 2.05) is 37.3 Å². The first-order chi connectivity index (χ1) is 10.3. The van der Waals surface area contributed by atoms with Crippen LogP contribution in [0.5, 0.6) is 0 Å². The predicted molar refractivity (Wildman–Crippen MR) is 79.7 cm³/mol. The summed E-state index contributed by atoms with van der Waals surface area (Å²) in [5.74, 6) is -1.50.